The van der Waals surface area contributed by atoms with Crippen LogP contribution < -0.4 is 4.57 Å². The first-order valence-electron chi connectivity index (χ1n) is 7.76. The zero-order chi connectivity index (χ0) is 15.4. The number of pyridine rings is 2. The molecule has 0 atom stereocenters. The highest BCUT2D eigenvalue weighted by molar-refractivity contribution is 7.98. The molecule has 0 saturated heterocycles. The predicted octanol–water partition coefficient (Wildman–Crippen LogP) is 4.71. The van der Waals surface area contributed by atoms with Crippen molar-refractivity contribution in [2.75, 3.05) is 0 Å². The van der Waals surface area contributed by atoms with E-state index in [2.05, 4.69) is 65.0 Å². The summed E-state index contributed by atoms with van der Waals surface area (Å²) >= 11 is 1.91. The van der Waals surface area contributed by atoms with Gasteiger partial charge < -0.3 is 0 Å². The van der Waals surface area contributed by atoms with Gasteiger partial charge in [-0.15, -0.1) is 0 Å². The smallest absolute Gasteiger partial charge is 0.222 e. The number of aryl methyl sites for hydroxylation is 1. The normalized spacial score (nSPS) is 13.1. The van der Waals surface area contributed by atoms with Gasteiger partial charge in [-0.05, 0) is 29.7 Å². The highest BCUT2D eigenvalue weighted by Gasteiger charge is 2.26. The number of hydrogen-bond acceptors (Lipinski definition) is 2. The molecule has 0 saturated carbocycles. The fourth-order valence-electron chi connectivity index (χ4n) is 3.46. The van der Waals surface area contributed by atoms with Crippen molar-refractivity contribution in [3.05, 3.63) is 66.5 Å². The third-order valence-electron chi connectivity index (χ3n) is 4.62. The summed E-state index contributed by atoms with van der Waals surface area (Å²) in [6, 6.07) is 19.5. The van der Waals surface area contributed by atoms with Crippen LogP contribution in [0.4, 0.5) is 0 Å². The standard InChI is InChI=1S/C20H15N2S/c1-13-5-6-15-8-7-14-9-10-16(17-4-2-3-11-21-17)20-18(14)19(15)22(13)12-23-20/h2-11H,12H2,1H3/q+1. The average molecular weight is 315 g/mol. The first-order valence-corrected chi connectivity index (χ1v) is 8.74. The second-order valence-electron chi connectivity index (χ2n) is 5.93. The molecule has 1 aliphatic rings. The molecule has 5 rings (SSSR count). The summed E-state index contributed by atoms with van der Waals surface area (Å²) in [5.41, 5.74) is 4.96. The molecule has 0 unspecified atom stereocenters. The van der Waals surface area contributed by atoms with Crippen molar-refractivity contribution in [1.82, 2.24) is 4.98 Å². The summed E-state index contributed by atoms with van der Waals surface area (Å²) in [5.74, 6) is 0.957. The summed E-state index contributed by atoms with van der Waals surface area (Å²) in [6.45, 7) is 2.19. The SMILES string of the molecule is Cc1ccc2ccc3ccc(-c4ccccn4)c4c3c2[n+]1CS4. The Labute approximate surface area is 138 Å². The van der Waals surface area contributed by atoms with E-state index in [0.717, 1.165) is 11.6 Å². The van der Waals surface area contributed by atoms with Crippen molar-refractivity contribution in [3.63, 3.8) is 0 Å². The molecule has 0 amide bonds. The van der Waals surface area contributed by atoms with Gasteiger partial charge in [-0.2, -0.15) is 4.57 Å². The summed E-state index contributed by atoms with van der Waals surface area (Å²) in [6.07, 6.45) is 1.87. The molecule has 1 aliphatic heterocycles. The summed E-state index contributed by atoms with van der Waals surface area (Å²) in [4.78, 5) is 5.92. The Balaban J connectivity index is 1.98. The van der Waals surface area contributed by atoms with Gasteiger partial charge in [0.2, 0.25) is 5.52 Å². The highest BCUT2D eigenvalue weighted by atomic mass is 32.2. The van der Waals surface area contributed by atoms with Crippen LogP contribution in [0.3, 0.4) is 0 Å². The quantitative estimate of drug-likeness (QED) is 0.373. The van der Waals surface area contributed by atoms with E-state index in [1.54, 1.807) is 0 Å². The molecule has 110 valence electrons. The third-order valence-corrected chi connectivity index (χ3v) is 5.72. The van der Waals surface area contributed by atoms with E-state index in [9.17, 15) is 0 Å². The zero-order valence-electron chi connectivity index (χ0n) is 12.8. The van der Waals surface area contributed by atoms with Crippen molar-refractivity contribution >= 4 is 33.4 Å². The summed E-state index contributed by atoms with van der Waals surface area (Å²) in [7, 11) is 0. The lowest BCUT2D eigenvalue weighted by Gasteiger charge is -2.17. The fraction of sp³-hybridized carbons (Fsp3) is 0.100. The Hall–Kier alpha value is -2.39. The number of rotatable bonds is 1. The zero-order valence-corrected chi connectivity index (χ0v) is 13.6. The maximum absolute atomic E-state index is 4.56. The second kappa shape index (κ2) is 4.80. The Morgan fingerprint density at radius 1 is 0.957 bits per heavy atom. The van der Waals surface area contributed by atoms with Crippen LogP contribution in [0, 0.1) is 6.92 Å². The van der Waals surface area contributed by atoms with E-state index < -0.39 is 0 Å². The van der Waals surface area contributed by atoms with E-state index >= 15 is 0 Å². The first kappa shape index (κ1) is 13.1. The maximum atomic E-state index is 4.56. The van der Waals surface area contributed by atoms with Crippen LogP contribution in [0.25, 0.3) is 32.9 Å². The van der Waals surface area contributed by atoms with Crippen LogP contribution >= 0.6 is 11.8 Å². The number of hydrogen-bond donors (Lipinski definition) is 0. The number of nitrogens with zero attached hydrogens (tertiary/aromatic N) is 2. The second-order valence-corrected chi connectivity index (χ2v) is 6.89. The summed E-state index contributed by atoms with van der Waals surface area (Å²) in [5, 5.41) is 3.98. The summed E-state index contributed by atoms with van der Waals surface area (Å²) < 4.78 is 2.43. The van der Waals surface area contributed by atoms with Crippen LogP contribution in [-0.2, 0) is 5.88 Å². The Morgan fingerprint density at radius 2 is 1.78 bits per heavy atom. The van der Waals surface area contributed by atoms with E-state index in [1.807, 2.05) is 24.0 Å². The maximum Gasteiger partial charge on any atom is 0.222 e. The van der Waals surface area contributed by atoms with Crippen LogP contribution in [0.5, 0.6) is 0 Å². The Kier molecular flexibility index (Phi) is 2.73. The lowest BCUT2D eigenvalue weighted by Crippen LogP contribution is -2.38. The fourth-order valence-corrected chi connectivity index (χ4v) is 4.73. The van der Waals surface area contributed by atoms with Gasteiger partial charge in [0.15, 0.2) is 11.6 Å². The molecule has 2 aromatic carbocycles. The topological polar surface area (TPSA) is 16.8 Å². The molecule has 0 aliphatic carbocycles. The Morgan fingerprint density at radius 3 is 2.65 bits per heavy atom. The molecule has 0 N–H and O–H groups in total. The van der Waals surface area contributed by atoms with Crippen LogP contribution in [-0.4, -0.2) is 4.98 Å². The van der Waals surface area contributed by atoms with Gasteiger partial charge in [-0.3, -0.25) is 4.98 Å². The first-order chi connectivity index (χ1) is 11.3. The number of thioether (sulfide) groups is 1. The van der Waals surface area contributed by atoms with Gasteiger partial charge in [-0.1, -0.05) is 36.0 Å². The molecule has 3 heterocycles. The lowest BCUT2D eigenvalue weighted by molar-refractivity contribution is -0.655. The van der Waals surface area contributed by atoms with Crippen LogP contribution in [0.2, 0.25) is 0 Å². The van der Waals surface area contributed by atoms with Gasteiger partial charge in [-0.25, -0.2) is 0 Å². The number of benzene rings is 2. The van der Waals surface area contributed by atoms with Crippen molar-refractivity contribution in [2.24, 2.45) is 0 Å². The molecule has 3 heteroatoms. The molecule has 4 aromatic rings. The van der Waals surface area contributed by atoms with Crippen LogP contribution in [0.1, 0.15) is 5.69 Å². The largest absolute Gasteiger partial charge is 0.256 e. The van der Waals surface area contributed by atoms with Crippen molar-refractivity contribution < 1.29 is 4.57 Å². The third kappa shape index (κ3) is 1.83. The van der Waals surface area contributed by atoms with E-state index in [4.69, 9.17) is 0 Å². The molecular weight excluding hydrogens is 300 g/mol. The average Bonchev–Trinajstić information content (AvgIpc) is 2.62. The minimum Gasteiger partial charge on any atom is -0.256 e. The predicted molar refractivity (Wildman–Crippen MR) is 95.5 cm³/mol. The van der Waals surface area contributed by atoms with E-state index in [1.165, 1.54) is 37.8 Å². The monoisotopic (exact) mass is 315 g/mol. The van der Waals surface area contributed by atoms with Gasteiger partial charge in [0.05, 0.1) is 11.1 Å². The Bertz CT molecular complexity index is 1070. The van der Waals surface area contributed by atoms with Crippen molar-refractivity contribution in [1.29, 1.82) is 0 Å². The molecule has 2 aromatic heterocycles. The minimum atomic E-state index is 0.957. The van der Waals surface area contributed by atoms with Gasteiger partial charge in [0, 0.05) is 35.0 Å². The van der Waals surface area contributed by atoms with E-state index in [0.29, 0.717) is 0 Å². The van der Waals surface area contributed by atoms with E-state index in [-0.39, 0.29) is 0 Å². The lowest BCUT2D eigenvalue weighted by atomic mass is 10.0. The van der Waals surface area contributed by atoms with Gasteiger partial charge in [0.1, 0.15) is 0 Å². The molecule has 0 radical (unpaired) electrons. The molecule has 0 fully saturated rings. The van der Waals surface area contributed by atoms with Crippen molar-refractivity contribution in [3.8, 4) is 11.3 Å². The van der Waals surface area contributed by atoms with Crippen LogP contribution in [0.15, 0.2) is 65.7 Å². The van der Waals surface area contributed by atoms with Gasteiger partial charge in [0.25, 0.3) is 0 Å². The van der Waals surface area contributed by atoms with Crippen molar-refractivity contribution in [2.45, 2.75) is 17.7 Å². The molecule has 0 spiro atoms. The number of aromatic nitrogens is 2. The minimum absolute atomic E-state index is 0.957. The molecule has 2 nitrogen and oxygen atoms in total. The highest BCUT2D eigenvalue weighted by Crippen LogP contribution is 2.41. The van der Waals surface area contributed by atoms with Gasteiger partial charge >= 0.3 is 0 Å². The molecule has 23 heavy (non-hydrogen) atoms. The molecule has 0 bridgehead atoms. The molecular formula is C20H15N2S+.